The molecular formula is C18H31N3. The summed E-state index contributed by atoms with van der Waals surface area (Å²) in [6.07, 6.45) is 2.22. The van der Waals surface area contributed by atoms with Crippen molar-refractivity contribution in [2.45, 2.75) is 51.7 Å². The Kier molecular flexibility index (Phi) is 5.80. The molecule has 3 unspecified atom stereocenters. The van der Waals surface area contributed by atoms with Crippen molar-refractivity contribution in [3.63, 3.8) is 0 Å². The molecule has 3 heteroatoms. The molecule has 1 aliphatic heterocycles. The normalized spacial score (nSPS) is 24.0. The van der Waals surface area contributed by atoms with Gasteiger partial charge in [0, 0.05) is 31.7 Å². The fourth-order valence-corrected chi connectivity index (χ4v) is 3.50. The molecule has 1 fully saturated rings. The molecule has 0 saturated carbocycles. The van der Waals surface area contributed by atoms with Crippen molar-refractivity contribution < 1.29 is 0 Å². The Labute approximate surface area is 130 Å². The third-order valence-corrected chi connectivity index (χ3v) is 5.06. The number of hydrogen-bond acceptors (Lipinski definition) is 3. The lowest BCUT2D eigenvalue weighted by molar-refractivity contribution is 0.0522. The van der Waals surface area contributed by atoms with Gasteiger partial charge in [-0.25, -0.2) is 0 Å². The molecule has 21 heavy (non-hydrogen) atoms. The Balaban J connectivity index is 2.27. The van der Waals surface area contributed by atoms with E-state index in [4.69, 9.17) is 5.73 Å². The van der Waals surface area contributed by atoms with Crippen LogP contribution in [0.1, 0.15) is 43.9 Å². The zero-order chi connectivity index (χ0) is 15.4. The molecule has 2 rings (SSSR count). The molecule has 3 nitrogen and oxygen atoms in total. The van der Waals surface area contributed by atoms with Crippen molar-refractivity contribution in [3.8, 4) is 0 Å². The van der Waals surface area contributed by atoms with Gasteiger partial charge >= 0.3 is 0 Å². The molecular weight excluding hydrogens is 258 g/mol. The van der Waals surface area contributed by atoms with Crippen molar-refractivity contribution in [2.24, 2.45) is 5.73 Å². The number of hydrogen-bond donors (Lipinski definition) is 1. The summed E-state index contributed by atoms with van der Waals surface area (Å²) in [7, 11) is 2.24. The Bertz CT molecular complexity index is 446. The molecule has 1 saturated heterocycles. The molecule has 0 radical (unpaired) electrons. The molecule has 1 aromatic rings. The number of rotatable bonds is 5. The van der Waals surface area contributed by atoms with E-state index >= 15 is 0 Å². The summed E-state index contributed by atoms with van der Waals surface area (Å²) in [4.78, 5) is 5.10. The Hall–Kier alpha value is -0.900. The smallest absolute Gasteiger partial charge is 0.0502 e. The SMILES string of the molecule is CCC(N)C(c1ccccc1C)N1CCN(C)C(CC)C1. The maximum absolute atomic E-state index is 6.52. The summed E-state index contributed by atoms with van der Waals surface area (Å²) < 4.78 is 0. The van der Waals surface area contributed by atoms with Gasteiger partial charge in [-0.3, -0.25) is 4.90 Å². The van der Waals surface area contributed by atoms with Crippen LogP contribution in [-0.4, -0.2) is 48.6 Å². The molecule has 0 aliphatic carbocycles. The lowest BCUT2D eigenvalue weighted by Gasteiger charge is -2.45. The van der Waals surface area contributed by atoms with Crippen molar-refractivity contribution >= 4 is 0 Å². The van der Waals surface area contributed by atoms with Crippen LogP contribution in [0.15, 0.2) is 24.3 Å². The van der Waals surface area contributed by atoms with Gasteiger partial charge in [-0.1, -0.05) is 38.1 Å². The van der Waals surface area contributed by atoms with Crippen LogP contribution in [0, 0.1) is 6.92 Å². The van der Waals surface area contributed by atoms with Crippen LogP contribution in [0.25, 0.3) is 0 Å². The predicted octanol–water partition coefficient (Wildman–Crippen LogP) is 2.80. The zero-order valence-electron chi connectivity index (χ0n) is 14.0. The van der Waals surface area contributed by atoms with Gasteiger partial charge in [0.15, 0.2) is 0 Å². The summed E-state index contributed by atoms with van der Waals surface area (Å²) >= 11 is 0. The molecule has 1 heterocycles. The highest BCUT2D eigenvalue weighted by Gasteiger charge is 2.32. The van der Waals surface area contributed by atoms with Crippen molar-refractivity contribution in [1.29, 1.82) is 0 Å². The zero-order valence-corrected chi connectivity index (χ0v) is 14.0. The second kappa shape index (κ2) is 7.39. The maximum Gasteiger partial charge on any atom is 0.0502 e. The maximum atomic E-state index is 6.52. The lowest BCUT2D eigenvalue weighted by atomic mass is 9.91. The van der Waals surface area contributed by atoms with Gasteiger partial charge in [0.2, 0.25) is 0 Å². The van der Waals surface area contributed by atoms with E-state index in [1.165, 1.54) is 17.5 Å². The van der Waals surface area contributed by atoms with Crippen LogP contribution in [0.4, 0.5) is 0 Å². The average Bonchev–Trinajstić information content (AvgIpc) is 2.50. The molecule has 0 amide bonds. The number of likely N-dealkylation sites (N-methyl/N-ethyl adjacent to an activating group) is 1. The minimum absolute atomic E-state index is 0.201. The first-order chi connectivity index (χ1) is 10.1. The number of nitrogens with zero attached hydrogens (tertiary/aromatic N) is 2. The van der Waals surface area contributed by atoms with Crippen LogP contribution in [0.3, 0.4) is 0 Å². The monoisotopic (exact) mass is 289 g/mol. The number of benzene rings is 1. The third kappa shape index (κ3) is 3.65. The third-order valence-electron chi connectivity index (χ3n) is 5.06. The van der Waals surface area contributed by atoms with E-state index < -0.39 is 0 Å². The van der Waals surface area contributed by atoms with E-state index in [1.54, 1.807) is 0 Å². The van der Waals surface area contributed by atoms with Gasteiger partial charge in [0.05, 0.1) is 6.04 Å². The summed E-state index contributed by atoms with van der Waals surface area (Å²) in [6.45, 7) is 10.1. The number of piperazine rings is 1. The molecule has 118 valence electrons. The minimum Gasteiger partial charge on any atom is -0.326 e. The first-order valence-corrected chi connectivity index (χ1v) is 8.33. The van der Waals surface area contributed by atoms with Crippen LogP contribution in [-0.2, 0) is 0 Å². The topological polar surface area (TPSA) is 32.5 Å². The standard InChI is InChI=1S/C18H31N3/c1-5-15-13-21(12-11-20(15)4)18(17(19)6-2)16-10-8-7-9-14(16)3/h7-10,15,17-18H,5-6,11-13,19H2,1-4H3. The van der Waals surface area contributed by atoms with E-state index in [-0.39, 0.29) is 6.04 Å². The minimum atomic E-state index is 0.201. The molecule has 2 N–H and O–H groups in total. The summed E-state index contributed by atoms with van der Waals surface area (Å²) in [5.74, 6) is 0. The van der Waals surface area contributed by atoms with Crippen LogP contribution < -0.4 is 5.73 Å². The van der Waals surface area contributed by atoms with E-state index in [0.29, 0.717) is 12.1 Å². The fraction of sp³-hybridized carbons (Fsp3) is 0.667. The second-order valence-electron chi connectivity index (χ2n) is 6.41. The Morgan fingerprint density at radius 2 is 1.95 bits per heavy atom. The largest absolute Gasteiger partial charge is 0.326 e. The summed E-state index contributed by atoms with van der Waals surface area (Å²) in [6, 6.07) is 9.92. The molecule has 0 bridgehead atoms. The van der Waals surface area contributed by atoms with Crippen molar-refractivity contribution in [3.05, 3.63) is 35.4 Å². The fourth-order valence-electron chi connectivity index (χ4n) is 3.50. The Morgan fingerprint density at radius 3 is 2.57 bits per heavy atom. The molecule has 3 atom stereocenters. The highest BCUT2D eigenvalue weighted by atomic mass is 15.3. The van der Waals surface area contributed by atoms with E-state index in [2.05, 4.69) is 61.9 Å². The molecule has 1 aliphatic rings. The number of aryl methyl sites for hydroxylation is 1. The highest BCUT2D eigenvalue weighted by Crippen LogP contribution is 2.30. The van der Waals surface area contributed by atoms with Gasteiger partial charge in [-0.2, -0.15) is 0 Å². The quantitative estimate of drug-likeness (QED) is 0.904. The van der Waals surface area contributed by atoms with Gasteiger partial charge in [0.25, 0.3) is 0 Å². The molecule has 1 aromatic carbocycles. The lowest BCUT2D eigenvalue weighted by Crippen LogP contribution is -2.54. The van der Waals surface area contributed by atoms with Gasteiger partial charge in [-0.05, 0) is 37.9 Å². The van der Waals surface area contributed by atoms with Crippen molar-refractivity contribution in [2.75, 3.05) is 26.7 Å². The van der Waals surface area contributed by atoms with Gasteiger partial charge < -0.3 is 10.6 Å². The Morgan fingerprint density at radius 1 is 1.24 bits per heavy atom. The van der Waals surface area contributed by atoms with Crippen LogP contribution in [0.2, 0.25) is 0 Å². The van der Waals surface area contributed by atoms with Gasteiger partial charge in [0.1, 0.15) is 0 Å². The summed E-state index contributed by atoms with van der Waals surface area (Å²) in [5, 5.41) is 0. The van der Waals surface area contributed by atoms with Crippen LogP contribution in [0.5, 0.6) is 0 Å². The van der Waals surface area contributed by atoms with Crippen LogP contribution >= 0.6 is 0 Å². The first kappa shape index (κ1) is 16.5. The first-order valence-electron chi connectivity index (χ1n) is 8.33. The average molecular weight is 289 g/mol. The van der Waals surface area contributed by atoms with Crippen molar-refractivity contribution in [1.82, 2.24) is 9.80 Å². The van der Waals surface area contributed by atoms with E-state index in [1.807, 2.05) is 0 Å². The van der Waals surface area contributed by atoms with Gasteiger partial charge in [-0.15, -0.1) is 0 Å². The highest BCUT2D eigenvalue weighted by molar-refractivity contribution is 5.30. The predicted molar refractivity (Wildman–Crippen MR) is 90.5 cm³/mol. The second-order valence-corrected chi connectivity index (χ2v) is 6.41. The molecule has 0 spiro atoms. The summed E-state index contributed by atoms with van der Waals surface area (Å²) in [5.41, 5.74) is 9.28. The van der Waals surface area contributed by atoms with E-state index in [9.17, 15) is 0 Å². The van der Waals surface area contributed by atoms with E-state index in [0.717, 1.165) is 26.1 Å². The number of nitrogens with two attached hydrogens (primary N) is 1. The molecule has 0 aromatic heterocycles.